The van der Waals surface area contributed by atoms with Crippen LogP contribution in [0.25, 0.3) is 0 Å². The first-order valence-electron chi connectivity index (χ1n) is 13.4. The van der Waals surface area contributed by atoms with Gasteiger partial charge in [-0.25, -0.2) is 4.79 Å². The molecule has 1 atom stereocenters. The number of hydrogen-bond donors (Lipinski definition) is 0. The predicted molar refractivity (Wildman–Crippen MR) is 155 cm³/mol. The van der Waals surface area contributed by atoms with Gasteiger partial charge in [0, 0.05) is 28.2 Å². The number of benzene rings is 1. The molecule has 0 bridgehead atoms. The average molecular weight is 654 g/mol. The summed E-state index contributed by atoms with van der Waals surface area (Å²) in [5.74, 6) is 1.38. The summed E-state index contributed by atoms with van der Waals surface area (Å²) >= 11 is 13.9. The van der Waals surface area contributed by atoms with Gasteiger partial charge in [-0.05, 0) is 145 Å². The molecule has 3 aliphatic rings. The van der Waals surface area contributed by atoms with Crippen molar-refractivity contribution >= 4 is 49.6 Å². The summed E-state index contributed by atoms with van der Waals surface area (Å²) in [5.41, 5.74) is 4.69. The summed E-state index contributed by atoms with van der Waals surface area (Å²) < 4.78 is 7.64. The molecule has 0 spiro atoms. The molecule has 0 radical (unpaired) electrons. The summed E-state index contributed by atoms with van der Waals surface area (Å²) in [5, 5.41) is 0.772. The maximum Gasteiger partial charge on any atom is 0.410 e. The molecule has 2 saturated heterocycles. The van der Waals surface area contributed by atoms with Gasteiger partial charge in [-0.2, -0.15) is 0 Å². The molecule has 0 N–H and O–H groups in total. The molecular formula is C29H36Br2ClN3O2. The molecule has 3 heterocycles. The Morgan fingerprint density at radius 3 is 2.32 bits per heavy atom. The van der Waals surface area contributed by atoms with E-state index < -0.39 is 5.60 Å². The van der Waals surface area contributed by atoms with Crippen LogP contribution < -0.4 is 0 Å². The van der Waals surface area contributed by atoms with Crippen molar-refractivity contribution in [1.82, 2.24) is 14.8 Å². The van der Waals surface area contributed by atoms with E-state index in [1.807, 2.05) is 37.9 Å². The van der Waals surface area contributed by atoms with Crippen LogP contribution in [0, 0.1) is 11.8 Å². The fourth-order valence-electron chi connectivity index (χ4n) is 6.36. The Morgan fingerprint density at radius 1 is 1.03 bits per heavy atom. The van der Waals surface area contributed by atoms with Crippen molar-refractivity contribution in [2.45, 2.75) is 70.9 Å². The number of carbonyl (C=O) groups excluding carboxylic acids is 1. The lowest BCUT2D eigenvalue weighted by Crippen LogP contribution is -2.45. The minimum atomic E-state index is -0.443. The van der Waals surface area contributed by atoms with Gasteiger partial charge in [0.2, 0.25) is 0 Å². The van der Waals surface area contributed by atoms with Crippen molar-refractivity contribution in [3.63, 3.8) is 0 Å². The number of rotatable bonds is 2. The van der Waals surface area contributed by atoms with Crippen molar-refractivity contribution in [2.75, 3.05) is 26.2 Å². The van der Waals surface area contributed by atoms with Gasteiger partial charge in [-0.3, -0.25) is 9.88 Å². The monoisotopic (exact) mass is 651 g/mol. The summed E-state index contributed by atoms with van der Waals surface area (Å²) in [7, 11) is 0. The molecule has 1 amide bonds. The third-order valence-corrected chi connectivity index (χ3v) is 10.1. The van der Waals surface area contributed by atoms with E-state index in [1.165, 1.54) is 35.2 Å². The molecule has 1 aliphatic carbocycles. The topological polar surface area (TPSA) is 45.7 Å². The third kappa shape index (κ3) is 6.05. The molecule has 1 aromatic heterocycles. The van der Waals surface area contributed by atoms with E-state index in [4.69, 9.17) is 21.3 Å². The second-order valence-corrected chi connectivity index (χ2v) is 13.8. The number of carbonyl (C=O) groups is 1. The zero-order valence-electron chi connectivity index (χ0n) is 21.9. The smallest absolute Gasteiger partial charge is 0.410 e. The normalized spacial score (nSPS) is 21.8. The van der Waals surface area contributed by atoms with E-state index in [2.05, 4.69) is 48.9 Å². The van der Waals surface area contributed by atoms with Crippen LogP contribution in [0.2, 0.25) is 5.02 Å². The number of piperidine rings is 2. The maximum absolute atomic E-state index is 12.5. The standard InChI is InChI=1S/C29H36Br2ClN3O2/c1-29(2,3)37-28(36)35-14-10-19(11-15-35)18-8-12-34(13-9-18)27-23-6-7-24(32)25(31)22(23)5-4-20-16-21(30)17-33-26(20)27/h6-7,16-19,27H,4-5,8-15H2,1-3H3. The molecular weight excluding hydrogens is 618 g/mol. The largest absolute Gasteiger partial charge is 0.444 e. The highest BCUT2D eigenvalue weighted by Gasteiger charge is 2.37. The molecule has 1 unspecified atom stereocenters. The van der Waals surface area contributed by atoms with Gasteiger partial charge in [0.25, 0.3) is 0 Å². The number of fused-ring (bicyclic) bond motifs is 2. The Kier molecular flexibility index (Phi) is 8.26. The molecule has 5 nitrogen and oxygen atoms in total. The number of pyridine rings is 1. The van der Waals surface area contributed by atoms with E-state index in [1.54, 1.807) is 0 Å². The van der Waals surface area contributed by atoms with Crippen LogP contribution in [0.5, 0.6) is 0 Å². The van der Waals surface area contributed by atoms with Crippen molar-refractivity contribution in [2.24, 2.45) is 11.8 Å². The molecule has 2 fully saturated rings. The number of ether oxygens (including phenoxy) is 1. The Bertz CT molecular complexity index is 1150. The van der Waals surface area contributed by atoms with E-state index in [9.17, 15) is 4.79 Å². The van der Waals surface area contributed by atoms with Crippen molar-refractivity contribution < 1.29 is 9.53 Å². The SMILES string of the molecule is CC(C)(C)OC(=O)N1CCC(C2CCN(C3c4ccc(Cl)c(Br)c4CCc4cc(Br)cnc43)CC2)CC1. The van der Waals surface area contributed by atoms with Crippen molar-refractivity contribution in [3.8, 4) is 0 Å². The van der Waals surface area contributed by atoms with Crippen LogP contribution >= 0.6 is 43.5 Å². The third-order valence-electron chi connectivity index (χ3n) is 8.20. The lowest BCUT2D eigenvalue weighted by atomic mass is 9.78. The van der Waals surface area contributed by atoms with Gasteiger partial charge in [0.1, 0.15) is 5.60 Å². The van der Waals surface area contributed by atoms with Crippen molar-refractivity contribution in [1.29, 1.82) is 0 Å². The number of aryl methyl sites for hydroxylation is 1. The summed E-state index contributed by atoms with van der Waals surface area (Å²) in [6.45, 7) is 9.50. The van der Waals surface area contributed by atoms with Crippen molar-refractivity contribution in [3.05, 3.63) is 60.7 Å². The van der Waals surface area contributed by atoms with Gasteiger partial charge in [0.15, 0.2) is 0 Å². The summed E-state index contributed by atoms with van der Waals surface area (Å²) in [6.07, 6.45) is 8.18. The zero-order chi connectivity index (χ0) is 26.3. The van der Waals surface area contributed by atoms with Crippen LogP contribution in [-0.2, 0) is 17.6 Å². The minimum Gasteiger partial charge on any atom is -0.444 e. The maximum atomic E-state index is 12.5. The number of likely N-dealkylation sites (tertiary alicyclic amines) is 2. The summed E-state index contributed by atoms with van der Waals surface area (Å²) in [4.78, 5) is 22.0. The summed E-state index contributed by atoms with van der Waals surface area (Å²) in [6, 6.07) is 6.61. The lowest BCUT2D eigenvalue weighted by Gasteiger charge is -2.42. The van der Waals surface area contributed by atoms with Gasteiger partial charge in [-0.15, -0.1) is 0 Å². The average Bonchev–Trinajstić information content (AvgIpc) is 3.02. The molecule has 0 saturated carbocycles. The Hall–Kier alpha value is -1.15. The minimum absolute atomic E-state index is 0.143. The molecule has 1 aromatic carbocycles. The molecule has 200 valence electrons. The number of aromatic nitrogens is 1. The first kappa shape index (κ1) is 27.4. The first-order valence-corrected chi connectivity index (χ1v) is 15.4. The van der Waals surface area contributed by atoms with E-state index in [0.717, 1.165) is 65.8 Å². The number of halogens is 3. The molecule has 5 rings (SSSR count). The fraction of sp³-hybridized carbons (Fsp3) is 0.586. The van der Waals surface area contributed by atoms with Gasteiger partial charge in [-0.1, -0.05) is 17.7 Å². The fourth-order valence-corrected chi connectivity index (χ4v) is 7.48. The molecule has 2 aromatic rings. The highest BCUT2D eigenvalue weighted by Crippen LogP contribution is 2.43. The highest BCUT2D eigenvalue weighted by molar-refractivity contribution is 9.10. The quantitative estimate of drug-likeness (QED) is 0.332. The lowest BCUT2D eigenvalue weighted by molar-refractivity contribution is 0.0129. The second kappa shape index (κ2) is 11.1. The molecule has 37 heavy (non-hydrogen) atoms. The molecule has 8 heteroatoms. The number of nitrogens with zero attached hydrogens (tertiary/aromatic N) is 3. The second-order valence-electron chi connectivity index (χ2n) is 11.7. The highest BCUT2D eigenvalue weighted by atomic mass is 79.9. The first-order chi connectivity index (χ1) is 17.6. The Labute approximate surface area is 242 Å². The van der Waals surface area contributed by atoms with E-state index >= 15 is 0 Å². The van der Waals surface area contributed by atoms with Gasteiger partial charge >= 0.3 is 6.09 Å². The van der Waals surface area contributed by atoms with E-state index in [0.29, 0.717) is 11.8 Å². The Balaban J connectivity index is 1.29. The molecule has 2 aliphatic heterocycles. The van der Waals surface area contributed by atoms with Crippen LogP contribution in [-0.4, -0.2) is 52.7 Å². The van der Waals surface area contributed by atoms with Crippen LogP contribution in [0.4, 0.5) is 4.79 Å². The van der Waals surface area contributed by atoms with Crippen LogP contribution in [0.1, 0.15) is 74.9 Å². The van der Waals surface area contributed by atoms with Gasteiger partial charge < -0.3 is 9.64 Å². The predicted octanol–water partition coefficient (Wildman–Crippen LogP) is 7.81. The number of hydrogen-bond acceptors (Lipinski definition) is 4. The van der Waals surface area contributed by atoms with Crippen LogP contribution in [0.3, 0.4) is 0 Å². The van der Waals surface area contributed by atoms with E-state index in [-0.39, 0.29) is 12.1 Å². The zero-order valence-corrected chi connectivity index (χ0v) is 25.8. The van der Waals surface area contributed by atoms with Crippen LogP contribution in [0.15, 0.2) is 33.3 Å². The van der Waals surface area contributed by atoms with Gasteiger partial charge in [0.05, 0.1) is 16.8 Å². The Morgan fingerprint density at radius 2 is 1.68 bits per heavy atom. The number of amides is 1.